The first kappa shape index (κ1) is 12.4. The molecule has 0 bridgehead atoms. The number of hydrogen-bond donors (Lipinski definition) is 0. The summed E-state index contributed by atoms with van der Waals surface area (Å²) in [5.41, 5.74) is 4.66. The summed E-state index contributed by atoms with van der Waals surface area (Å²) in [7, 11) is -1.44. The molecule has 19 heavy (non-hydrogen) atoms. The van der Waals surface area contributed by atoms with Crippen LogP contribution in [-0.2, 0) is 0 Å². The van der Waals surface area contributed by atoms with Gasteiger partial charge in [0.1, 0.15) is 0 Å². The maximum atomic E-state index is 12.6. The Kier molecular flexibility index (Phi) is 2.71. The summed E-state index contributed by atoms with van der Waals surface area (Å²) in [6.07, 6.45) is 0. The molecule has 0 aromatic heterocycles. The van der Waals surface area contributed by atoms with Crippen molar-refractivity contribution in [3.63, 3.8) is 0 Å². The van der Waals surface area contributed by atoms with Crippen molar-refractivity contribution in [1.82, 2.24) is 0 Å². The van der Waals surface area contributed by atoms with Crippen LogP contribution in [0.15, 0.2) is 48.5 Å². The number of fused-ring (bicyclic) bond motifs is 2. The van der Waals surface area contributed by atoms with Crippen molar-refractivity contribution in [3.8, 4) is 0 Å². The molecular formula is C17H18OSi. The normalized spacial score (nSPS) is 15.0. The van der Waals surface area contributed by atoms with Gasteiger partial charge >= 0.3 is 0 Å². The molecule has 0 radical (unpaired) electrons. The van der Waals surface area contributed by atoms with Crippen molar-refractivity contribution in [1.29, 1.82) is 0 Å². The van der Waals surface area contributed by atoms with E-state index in [0.29, 0.717) is 5.54 Å². The molecule has 0 N–H and O–H groups in total. The van der Waals surface area contributed by atoms with Gasteiger partial charge in [-0.3, -0.25) is 4.79 Å². The highest BCUT2D eigenvalue weighted by Crippen LogP contribution is 2.41. The Balaban J connectivity index is 2.33. The highest BCUT2D eigenvalue weighted by molar-refractivity contribution is 6.78. The van der Waals surface area contributed by atoms with Crippen LogP contribution in [-0.4, -0.2) is 13.9 Å². The summed E-state index contributed by atoms with van der Waals surface area (Å²) in [5.74, 6) is 0.181. The van der Waals surface area contributed by atoms with Crippen molar-refractivity contribution in [3.05, 3.63) is 70.8 Å². The van der Waals surface area contributed by atoms with Crippen LogP contribution >= 0.6 is 0 Å². The highest BCUT2D eigenvalue weighted by atomic mass is 28.3. The van der Waals surface area contributed by atoms with Gasteiger partial charge in [0.25, 0.3) is 0 Å². The van der Waals surface area contributed by atoms with Crippen molar-refractivity contribution >= 4 is 13.9 Å². The summed E-state index contributed by atoms with van der Waals surface area (Å²) < 4.78 is 0. The van der Waals surface area contributed by atoms with Crippen molar-refractivity contribution < 1.29 is 4.79 Å². The van der Waals surface area contributed by atoms with E-state index in [9.17, 15) is 4.79 Å². The molecule has 0 saturated carbocycles. The summed E-state index contributed by atoms with van der Waals surface area (Å²) in [6, 6.07) is 16.2. The van der Waals surface area contributed by atoms with Crippen LogP contribution in [0.2, 0.25) is 19.6 Å². The Hall–Kier alpha value is -1.67. The molecule has 0 fully saturated rings. The lowest BCUT2D eigenvalue weighted by molar-refractivity contribution is 0.103. The van der Waals surface area contributed by atoms with Crippen LogP contribution in [0.1, 0.15) is 32.6 Å². The lowest BCUT2D eigenvalue weighted by Gasteiger charge is -2.35. The third-order valence-corrected chi connectivity index (χ3v) is 6.25. The number of carbonyl (C=O) groups excluding carboxylic acids is 1. The molecule has 0 aliphatic heterocycles. The zero-order valence-electron chi connectivity index (χ0n) is 11.6. The van der Waals surface area contributed by atoms with Gasteiger partial charge in [-0.25, -0.2) is 0 Å². The first-order chi connectivity index (χ1) is 9.00. The summed E-state index contributed by atoms with van der Waals surface area (Å²) in [4.78, 5) is 12.6. The molecule has 0 unspecified atom stereocenters. The lowest BCUT2D eigenvalue weighted by Crippen LogP contribution is -2.36. The fourth-order valence-electron chi connectivity index (χ4n) is 3.16. The fraction of sp³-hybridized carbons (Fsp3) is 0.235. The maximum absolute atomic E-state index is 12.6. The molecule has 1 aliphatic rings. The first-order valence-corrected chi connectivity index (χ1v) is 10.3. The van der Waals surface area contributed by atoms with Gasteiger partial charge < -0.3 is 0 Å². The van der Waals surface area contributed by atoms with E-state index in [-0.39, 0.29) is 5.78 Å². The van der Waals surface area contributed by atoms with Crippen LogP contribution in [0.4, 0.5) is 0 Å². The minimum absolute atomic E-state index is 0.181. The van der Waals surface area contributed by atoms with Gasteiger partial charge in [0.15, 0.2) is 5.78 Å². The number of hydrogen-bond acceptors (Lipinski definition) is 1. The van der Waals surface area contributed by atoms with Crippen molar-refractivity contribution in [2.24, 2.45) is 0 Å². The third kappa shape index (κ3) is 1.87. The van der Waals surface area contributed by atoms with Crippen molar-refractivity contribution in [2.45, 2.75) is 25.2 Å². The van der Waals surface area contributed by atoms with Crippen LogP contribution in [0.25, 0.3) is 0 Å². The summed E-state index contributed by atoms with van der Waals surface area (Å²) in [6.45, 7) is 7.13. The molecule has 0 atom stereocenters. The van der Waals surface area contributed by atoms with Crippen LogP contribution in [0.5, 0.6) is 0 Å². The van der Waals surface area contributed by atoms with E-state index in [4.69, 9.17) is 0 Å². The summed E-state index contributed by atoms with van der Waals surface area (Å²) >= 11 is 0. The lowest BCUT2D eigenvalue weighted by atomic mass is 9.84. The SMILES string of the molecule is C[Si](C)(C)C1c2ccccc2C(=O)c2ccccc21. The van der Waals surface area contributed by atoms with Gasteiger partial charge in [0, 0.05) is 16.7 Å². The molecule has 0 amide bonds. The van der Waals surface area contributed by atoms with Gasteiger partial charge in [-0.05, 0) is 11.1 Å². The standard InChI is InChI=1S/C17H18OSi/c1-19(2,3)17-14-10-6-4-8-12(14)16(18)13-9-5-7-11-15(13)17/h4-11,17H,1-3H3. The minimum atomic E-state index is -1.44. The first-order valence-electron chi connectivity index (χ1n) is 6.72. The molecule has 96 valence electrons. The zero-order chi connectivity index (χ0) is 13.6. The predicted molar refractivity (Wildman–Crippen MR) is 81.5 cm³/mol. The van der Waals surface area contributed by atoms with Gasteiger partial charge in [-0.2, -0.15) is 0 Å². The number of carbonyl (C=O) groups is 1. The van der Waals surface area contributed by atoms with E-state index in [1.54, 1.807) is 0 Å². The number of ketones is 1. The van der Waals surface area contributed by atoms with Crippen LogP contribution in [0, 0.1) is 0 Å². The van der Waals surface area contributed by atoms with E-state index in [2.05, 4.69) is 31.8 Å². The predicted octanol–water partition coefficient (Wildman–Crippen LogP) is 4.24. The average molecular weight is 266 g/mol. The zero-order valence-corrected chi connectivity index (χ0v) is 12.6. The second-order valence-corrected chi connectivity index (χ2v) is 11.6. The molecule has 0 spiro atoms. The van der Waals surface area contributed by atoms with E-state index < -0.39 is 8.07 Å². The third-order valence-electron chi connectivity index (χ3n) is 3.90. The van der Waals surface area contributed by atoms with Gasteiger partial charge in [-0.15, -0.1) is 0 Å². The minimum Gasteiger partial charge on any atom is -0.289 e. The number of rotatable bonds is 1. The summed E-state index contributed by atoms with van der Waals surface area (Å²) in [5, 5.41) is 0. The Morgan fingerprint density at radius 2 is 1.21 bits per heavy atom. The average Bonchev–Trinajstić information content (AvgIpc) is 2.38. The molecule has 2 aromatic carbocycles. The second-order valence-electron chi connectivity index (χ2n) is 6.30. The Morgan fingerprint density at radius 3 is 1.63 bits per heavy atom. The van der Waals surface area contributed by atoms with Crippen molar-refractivity contribution in [2.75, 3.05) is 0 Å². The second kappa shape index (κ2) is 4.17. The molecule has 1 aliphatic carbocycles. The van der Waals surface area contributed by atoms with E-state index in [0.717, 1.165) is 11.1 Å². The van der Waals surface area contributed by atoms with E-state index >= 15 is 0 Å². The Labute approximate surface area is 115 Å². The number of benzene rings is 2. The van der Waals surface area contributed by atoms with Crippen LogP contribution in [0.3, 0.4) is 0 Å². The highest BCUT2D eigenvalue weighted by Gasteiger charge is 2.38. The molecular weight excluding hydrogens is 248 g/mol. The maximum Gasteiger partial charge on any atom is 0.193 e. The molecule has 1 nitrogen and oxygen atoms in total. The van der Waals surface area contributed by atoms with E-state index in [1.165, 1.54) is 11.1 Å². The van der Waals surface area contributed by atoms with Gasteiger partial charge in [0.2, 0.25) is 0 Å². The molecule has 2 aromatic rings. The molecule has 2 heteroatoms. The van der Waals surface area contributed by atoms with E-state index in [1.807, 2.05) is 36.4 Å². The molecule has 0 saturated heterocycles. The Morgan fingerprint density at radius 1 is 0.789 bits per heavy atom. The molecule has 0 heterocycles. The fourth-order valence-corrected chi connectivity index (χ4v) is 5.53. The smallest absolute Gasteiger partial charge is 0.193 e. The molecule has 3 rings (SSSR count). The largest absolute Gasteiger partial charge is 0.289 e. The Bertz CT molecular complexity index is 603. The monoisotopic (exact) mass is 266 g/mol. The quantitative estimate of drug-likeness (QED) is 0.706. The van der Waals surface area contributed by atoms with Gasteiger partial charge in [-0.1, -0.05) is 68.2 Å². The van der Waals surface area contributed by atoms with Gasteiger partial charge in [0.05, 0.1) is 8.07 Å². The van der Waals surface area contributed by atoms with Crippen LogP contribution < -0.4 is 0 Å². The topological polar surface area (TPSA) is 17.1 Å².